The zero-order chi connectivity index (χ0) is 19.2. The van der Waals surface area contributed by atoms with E-state index in [1.165, 1.54) is 0 Å². The van der Waals surface area contributed by atoms with Crippen molar-refractivity contribution in [1.29, 1.82) is 5.41 Å². The molecule has 0 bridgehead atoms. The monoisotopic (exact) mass is 448 g/mol. The summed E-state index contributed by atoms with van der Waals surface area (Å²) in [5.74, 6) is 1.86. The highest BCUT2D eigenvalue weighted by molar-refractivity contribution is 9.10. The minimum absolute atomic E-state index is 0.122. The molecule has 6 nitrogen and oxygen atoms in total. The number of halogens is 1. The van der Waals surface area contributed by atoms with Crippen molar-refractivity contribution in [2.75, 3.05) is 20.3 Å². The minimum Gasteiger partial charge on any atom is -0.497 e. The Morgan fingerprint density at radius 1 is 1.11 bits per heavy atom. The van der Waals surface area contributed by atoms with E-state index in [4.69, 9.17) is 19.6 Å². The molecule has 0 spiro atoms. The zero-order valence-corrected chi connectivity index (χ0v) is 16.9. The van der Waals surface area contributed by atoms with Gasteiger partial charge in [-0.25, -0.2) is 0 Å². The van der Waals surface area contributed by atoms with Gasteiger partial charge in [0, 0.05) is 10.0 Å². The molecule has 0 saturated carbocycles. The smallest absolute Gasteiger partial charge is 0.264 e. The van der Waals surface area contributed by atoms with Gasteiger partial charge >= 0.3 is 0 Å². The van der Waals surface area contributed by atoms with Crippen molar-refractivity contribution >= 4 is 44.8 Å². The normalized spacial score (nSPS) is 15.0. The first-order valence-electron chi connectivity index (χ1n) is 8.04. The van der Waals surface area contributed by atoms with Gasteiger partial charge in [-0.1, -0.05) is 15.9 Å². The van der Waals surface area contributed by atoms with Crippen LogP contribution >= 0.6 is 27.7 Å². The molecule has 1 aliphatic rings. The van der Waals surface area contributed by atoms with E-state index in [0.717, 1.165) is 33.3 Å². The summed E-state index contributed by atoms with van der Waals surface area (Å²) >= 11 is 4.52. The Kier molecular flexibility index (Phi) is 6.41. The highest BCUT2D eigenvalue weighted by atomic mass is 79.9. The van der Waals surface area contributed by atoms with Crippen LogP contribution in [0.15, 0.2) is 51.8 Å². The number of thioether (sulfide) groups is 1. The molecule has 8 heteroatoms. The van der Waals surface area contributed by atoms with E-state index >= 15 is 0 Å². The summed E-state index contributed by atoms with van der Waals surface area (Å²) in [6.45, 7) is 0.720. The van der Waals surface area contributed by atoms with E-state index in [1.54, 1.807) is 13.2 Å². The van der Waals surface area contributed by atoms with E-state index in [-0.39, 0.29) is 11.1 Å². The Hall–Kier alpha value is -2.45. The molecule has 2 N–H and O–H groups in total. The third-order valence-electron chi connectivity index (χ3n) is 3.59. The van der Waals surface area contributed by atoms with Crippen LogP contribution < -0.4 is 19.5 Å². The SMILES string of the molecule is COc1ccc(OCCOc2ccc(Br)cc2C=C2SC(=N)NC2=O)cc1. The summed E-state index contributed by atoms with van der Waals surface area (Å²) in [5, 5.41) is 10.1. The Morgan fingerprint density at radius 2 is 1.81 bits per heavy atom. The molecule has 140 valence electrons. The predicted octanol–water partition coefficient (Wildman–Crippen LogP) is 4.05. The first kappa shape index (κ1) is 19.3. The van der Waals surface area contributed by atoms with Crippen LogP contribution in [-0.4, -0.2) is 31.4 Å². The second-order valence-electron chi connectivity index (χ2n) is 5.45. The molecule has 0 radical (unpaired) electrons. The average molecular weight is 449 g/mol. The van der Waals surface area contributed by atoms with Gasteiger partial charge in [0.1, 0.15) is 30.5 Å². The molecule has 1 amide bonds. The molecular weight excluding hydrogens is 432 g/mol. The lowest BCUT2D eigenvalue weighted by molar-refractivity contribution is -0.115. The number of carbonyl (C=O) groups is 1. The zero-order valence-electron chi connectivity index (χ0n) is 14.5. The molecule has 1 aliphatic heterocycles. The number of carbonyl (C=O) groups excluding carboxylic acids is 1. The minimum atomic E-state index is -0.279. The summed E-state index contributed by atoms with van der Waals surface area (Å²) in [4.78, 5) is 12.3. The van der Waals surface area contributed by atoms with Crippen molar-refractivity contribution in [2.24, 2.45) is 0 Å². The fourth-order valence-corrected chi connectivity index (χ4v) is 3.40. The first-order valence-corrected chi connectivity index (χ1v) is 9.65. The number of amidine groups is 1. The van der Waals surface area contributed by atoms with E-state index in [2.05, 4.69) is 21.2 Å². The maximum Gasteiger partial charge on any atom is 0.264 e. The Labute approximate surface area is 169 Å². The summed E-state index contributed by atoms with van der Waals surface area (Å²) in [6, 6.07) is 12.9. The van der Waals surface area contributed by atoms with Gasteiger partial charge in [0.25, 0.3) is 5.91 Å². The van der Waals surface area contributed by atoms with Crippen molar-refractivity contribution in [2.45, 2.75) is 0 Å². The van der Waals surface area contributed by atoms with Gasteiger partial charge < -0.3 is 19.5 Å². The van der Waals surface area contributed by atoms with E-state index in [1.807, 2.05) is 42.5 Å². The van der Waals surface area contributed by atoms with E-state index in [9.17, 15) is 4.79 Å². The number of amides is 1. The molecule has 2 aromatic rings. The van der Waals surface area contributed by atoms with Gasteiger partial charge in [0.15, 0.2) is 5.17 Å². The number of hydrogen-bond acceptors (Lipinski definition) is 6. The van der Waals surface area contributed by atoms with Gasteiger partial charge in [-0.2, -0.15) is 0 Å². The van der Waals surface area contributed by atoms with Crippen LogP contribution in [0, 0.1) is 5.41 Å². The highest BCUT2D eigenvalue weighted by Gasteiger charge is 2.22. The molecule has 3 rings (SSSR count). The highest BCUT2D eigenvalue weighted by Crippen LogP contribution is 2.30. The first-order chi connectivity index (χ1) is 13.0. The summed E-state index contributed by atoms with van der Waals surface area (Å²) in [6.07, 6.45) is 1.71. The maximum atomic E-state index is 11.8. The Balaban J connectivity index is 1.62. The molecule has 0 atom stereocenters. The number of hydrogen-bond donors (Lipinski definition) is 2. The molecule has 1 heterocycles. The van der Waals surface area contributed by atoms with Crippen molar-refractivity contribution < 1.29 is 19.0 Å². The predicted molar refractivity (Wildman–Crippen MR) is 110 cm³/mol. The molecule has 0 aliphatic carbocycles. The van der Waals surface area contributed by atoms with Crippen molar-refractivity contribution in [3.63, 3.8) is 0 Å². The third-order valence-corrected chi connectivity index (χ3v) is 4.91. The van der Waals surface area contributed by atoms with Crippen molar-refractivity contribution in [3.05, 3.63) is 57.4 Å². The lowest BCUT2D eigenvalue weighted by atomic mass is 10.2. The molecular formula is C19H17BrN2O4S. The van der Waals surface area contributed by atoms with Crippen LogP contribution in [0.25, 0.3) is 6.08 Å². The number of methoxy groups -OCH3 is 1. The van der Waals surface area contributed by atoms with Gasteiger partial charge in [0.2, 0.25) is 0 Å². The van der Waals surface area contributed by atoms with Gasteiger partial charge in [-0.3, -0.25) is 10.2 Å². The quantitative estimate of drug-likeness (QED) is 0.493. The summed E-state index contributed by atoms with van der Waals surface area (Å²) in [7, 11) is 1.62. The lowest BCUT2D eigenvalue weighted by Gasteiger charge is -2.11. The fraction of sp³-hybridized carbons (Fsp3) is 0.158. The van der Waals surface area contributed by atoms with Gasteiger partial charge in [-0.15, -0.1) is 0 Å². The van der Waals surface area contributed by atoms with E-state index < -0.39 is 0 Å². The summed E-state index contributed by atoms with van der Waals surface area (Å²) in [5.41, 5.74) is 0.751. The molecule has 0 aromatic heterocycles. The fourth-order valence-electron chi connectivity index (χ4n) is 2.33. The Morgan fingerprint density at radius 3 is 2.48 bits per heavy atom. The van der Waals surface area contributed by atoms with Gasteiger partial charge in [0.05, 0.1) is 12.0 Å². The molecule has 27 heavy (non-hydrogen) atoms. The topological polar surface area (TPSA) is 80.6 Å². The molecule has 2 aromatic carbocycles. The second kappa shape index (κ2) is 8.96. The lowest BCUT2D eigenvalue weighted by Crippen LogP contribution is -2.18. The number of benzene rings is 2. The maximum absolute atomic E-state index is 11.8. The van der Waals surface area contributed by atoms with Gasteiger partial charge in [-0.05, 0) is 60.3 Å². The number of nitrogens with one attached hydrogen (secondary N) is 2. The van der Waals surface area contributed by atoms with Crippen molar-refractivity contribution in [1.82, 2.24) is 5.32 Å². The Bertz CT molecular complexity index is 884. The standard InChI is InChI=1S/C19H17BrN2O4S/c1-24-14-3-5-15(6-4-14)25-8-9-26-16-7-2-13(20)10-12(16)11-17-18(23)22-19(21)27-17/h2-7,10-11H,8-9H2,1H3,(H2,21,22,23). The van der Waals surface area contributed by atoms with Crippen LogP contribution in [0.1, 0.15) is 5.56 Å². The second-order valence-corrected chi connectivity index (χ2v) is 7.42. The molecule has 1 saturated heterocycles. The van der Waals surface area contributed by atoms with E-state index in [0.29, 0.717) is 23.9 Å². The van der Waals surface area contributed by atoms with Crippen LogP contribution in [0.3, 0.4) is 0 Å². The van der Waals surface area contributed by atoms with Crippen LogP contribution in [0.5, 0.6) is 17.2 Å². The average Bonchev–Trinajstić information content (AvgIpc) is 2.97. The molecule has 0 unspecified atom stereocenters. The third kappa shape index (κ3) is 5.27. The number of ether oxygens (including phenoxy) is 3. The van der Waals surface area contributed by atoms with Crippen LogP contribution in [-0.2, 0) is 4.79 Å². The molecule has 1 fully saturated rings. The summed E-state index contributed by atoms with van der Waals surface area (Å²) < 4.78 is 17.5. The largest absolute Gasteiger partial charge is 0.497 e. The number of rotatable bonds is 7. The van der Waals surface area contributed by atoms with Crippen LogP contribution in [0.2, 0.25) is 0 Å². The van der Waals surface area contributed by atoms with Crippen molar-refractivity contribution in [3.8, 4) is 17.2 Å². The van der Waals surface area contributed by atoms with Crippen LogP contribution in [0.4, 0.5) is 0 Å².